The van der Waals surface area contributed by atoms with Gasteiger partial charge < -0.3 is 34.3 Å². The van der Waals surface area contributed by atoms with Crippen molar-refractivity contribution in [3.05, 3.63) is 71.8 Å². The minimum absolute atomic E-state index is 0.305. The lowest BCUT2D eigenvalue weighted by Gasteiger charge is -2.16. The topological polar surface area (TPSA) is 104 Å². The zero-order chi connectivity index (χ0) is 26.1. The molecule has 2 amide bonds. The number of carbonyl (C=O) groups is 2. The van der Waals surface area contributed by atoms with E-state index in [-0.39, 0.29) is 5.91 Å². The lowest BCUT2D eigenvalue weighted by Crippen LogP contribution is -2.14. The van der Waals surface area contributed by atoms with Gasteiger partial charge in [0.2, 0.25) is 11.7 Å². The average Bonchev–Trinajstić information content (AvgIpc) is 2.91. The fourth-order valence-corrected chi connectivity index (χ4v) is 3.42. The van der Waals surface area contributed by atoms with E-state index in [1.165, 1.54) is 41.6 Å². The molecule has 0 saturated carbocycles. The van der Waals surface area contributed by atoms with E-state index in [4.69, 9.17) is 23.7 Å². The summed E-state index contributed by atoms with van der Waals surface area (Å²) >= 11 is 0. The Morgan fingerprint density at radius 2 is 1.19 bits per heavy atom. The van der Waals surface area contributed by atoms with Crippen molar-refractivity contribution in [2.75, 3.05) is 46.2 Å². The molecule has 0 atom stereocenters. The van der Waals surface area contributed by atoms with E-state index in [9.17, 15) is 9.59 Å². The van der Waals surface area contributed by atoms with E-state index in [2.05, 4.69) is 10.6 Å². The quantitative estimate of drug-likeness (QED) is 0.398. The highest BCUT2D eigenvalue weighted by Gasteiger charge is 2.16. The molecule has 0 aliphatic heterocycles. The van der Waals surface area contributed by atoms with Crippen molar-refractivity contribution in [1.82, 2.24) is 0 Å². The van der Waals surface area contributed by atoms with Crippen LogP contribution in [-0.4, -0.2) is 47.4 Å². The maximum Gasteiger partial charge on any atom is 0.255 e. The highest BCUT2D eigenvalue weighted by molar-refractivity contribution is 6.06. The van der Waals surface area contributed by atoms with Gasteiger partial charge in [-0.1, -0.05) is 18.2 Å². The molecule has 0 saturated heterocycles. The highest BCUT2D eigenvalue weighted by atomic mass is 16.5. The number of anilines is 2. The van der Waals surface area contributed by atoms with Crippen LogP contribution < -0.4 is 34.3 Å². The molecule has 9 heteroatoms. The Hall–Kier alpha value is -4.66. The molecule has 0 aliphatic carbocycles. The van der Waals surface area contributed by atoms with Crippen LogP contribution in [0.2, 0.25) is 0 Å². The van der Waals surface area contributed by atoms with Crippen LogP contribution in [-0.2, 0) is 4.79 Å². The summed E-state index contributed by atoms with van der Waals surface area (Å²) in [6.45, 7) is 0. The summed E-state index contributed by atoms with van der Waals surface area (Å²) in [7, 11) is 7.48. The first kappa shape index (κ1) is 26.0. The lowest BCUT2D eigenvalue weighted by atomic mass is 10.1. The predicted molar refractivity (Wildman–Crippen MR) is 138 cm³/mol. The van der Waals surface area contributed by atoms with Crippen molar-refractivity contribution < 1.29 is 33.3 Å². The number of methoxy groups -OCH3 is 5. The number of carbonyl (C=O) groups excluding carboxylic acids is 2. The molecule has 0 bridgehead atoms. The second kappa shape index (κ2) is 12.2. The van der Waals surface area contributed by atoms with E-state index in [1.807, 2.05) is 6.07 Å². The molecule has 0 aliphatic rings. The Morgan fingerprint density at radius 3 is 1.69 bits per heavy atom. The summed E-state index contributed by atoms with van der Waals surface area (Å²) in [6.07, 6.45) is 2.97. The van der Waals surface area contributed by atoms with Crippen LogP contribution in [0.4, 0.5) is 11.4 Å². The van der Waals surface area contributed by atoms with E-state index < -0.39 is 5.91 Å². The van der Waals surface area contributed by atoms with Crippen molar-refractivity contribution >= 4 is 29.3 Å². The molecule has 0 spiro atoms. The van der Waals surface area contributed by atoms with Crippen LogP contribution in [0, 0.1) is 0 Å². The summed E-state index contributed by atoms with van der Waals surface area (Å²) in [5.74, 6) is 1.37. The third kappa shape index (κ3) is 6.06. The number of benzene rings is 3. The summed E-state index contributed by atoms with van der Waals surface area (Å²) in [5.41, 5.74) is 1.93. The second-order valence-electron chi connectivity index (χ2n) is 7.35. The Bertz CT molecular complexity index is 1230. The summed E-state index contributed by atoms with van der Waals surface area (Å²) in [4.78, 5) is 25.3. The Balaban J connectivity index is 1.81. The number of ether oxygens (including phenoxy) is 5. The molecule has 3 rings (SSSR count). The molecular formula is C27H28N2O7. The minimum Gasteiger partial charge on any atom is -0.494 e. The normalized spacial score (nSPS) is 10.5. The van der Waals surface area contributed by atoms with Crippen molar-refractivity contribution in [2.24, 2.45) is 0 Å². The van der Waals surface area contributed by atoms with Gasteiger partial charge in [0.25, 0.3) is 5.91 Å². The van der Waals surface area contributed by atoms with E-state index in [0.29, 0.717) is 51.2 Å². The van der Waals surface area contributed by atoms with Crippen LogP contribution in [0.5, 0.6) is 28.7 Å². The molecule has 3 aromatic rings. The molecule has 36 heavy (non-hydrogen) atoms. The molecule has 188 valence electrons. The molecule has 9 nitrogen and oxygen atoms in total. The Morgan fingerprint density at radius 1 is 0.667 bits per heavy atom. The SMILES string of the molecule is COc1cc(NC(=O)c2ccccc2)c(OC)cc1NC(=O)/C=C/c1cc(OC)c(OC)c(OC)c1. The largest absolute Gasteiger partial charge is 0.494 e. The number of hydrogen-bond acceptors (Lipinski definition) is 7. The van der Waals surface area contributed by atoms with Gasteiger partial charge in [-0.15, -0.1) is 0 Å². The maximum atomic E-state index is 12.7. The van der Waals surface area contributed by atoms with Gasteiger partial charge in [0.1, 0.15) is 11.5 Å². The first-order valence-corrected chi connectivity index (χ1v) is 10.9. The van der Waals surface area contributed by atoms with Crippen LogP contribution in [0.3, 0.4) is 0 Å². The molecule has 0 aromatic heterocycles. The van der Waals surface area contributed by atoms with E-state index in [0.717, 1.165) is 0 Å². The minimum atomic E-state index is -0.412. The zero-order valence-electron chi connectivity index (χ0n) is 20.7. The fourth-order valence-electron chi connectivity index (χ4n) is 3.42. The van der Waals surface area contributed by atoms with Gasteiger partial charge in [0, 0.05) is 23.8 Å². The second-order valence-corrected chi connectivity index (χ2v) is 7.35. The molecule has 0 unspecified atom stereocenters. The fraction of sp³-hybridized carbons (Fsp3) is 0.185. The number of rotatable bonds is 10. The van der Waals surface area contributed by atoms with Gasteiger partial charge >= 0.3 is 0 Å². The Labute approximate surface area is 209 Å². The third-order valence-corrected chi connectivity index (χ3v) is 5.18. The molecule has 0 radical (unpaired) electrons. The molecule has 0 fully saturated rings. The standard InChI is InChI=1S/C27H28N2O7/c1-32-21-16-20(29-27(31)18-9-7-6-8-10-18)22(33-2)15-19(21)28-25(30)12-11-17-13-23(34-3)26(36-5)24(14-17)35-4/h6-16H,1-5H3,(H,28,30)(H,29,31)/b12-11+. The monoisotopic (exact) mass is 492 g/mol. The summed E-state index contributed by atoms with van der Waals surface area (Å²) in [5, 5.41) is 5.57. The predicted octanol–water partition coefficient (Wildman–Crippen LogP) is 4.63. The van der Waals surface area contributed by atoms with Crippen LogP contribution in [0.25, 0.3) is 6.08 Å². The lowest BCUT2D eigenvalue weighted by molar-refractivity contribution is -0.111. The van der Waals surface area contributed by atoms with Crippen molar-refractivity contribution in [1.29, 1.82) is 0 Å². The van der Waals surface area contributed by atoms with Gasteiger partial charge in [0.05, 0.1) is 46.9 Å². The van der Waals surface area contributed by atoms with Gasteiger partial charge in [-0.3, -0.25) is 9.59 Å². The van der Waals surface area contributed by atoms with Gasteiger partial charge in [-0.2, -0.15) is 0 Å². The van der Waals surface area contributed by atoms with E-state index in [1.54, 1.807) is 54.6 Å². The van der Waals surface area contributed by atoms with Crippen LogP contribution >= 0.6 is 0 Å². The molecule has 3 aromatic carbocycles. The van der Waals surface area contributed by atoms with Gasteiger partial charge in [0.15, 0.2) is 11.5 Å². The van der Waals surface area contributed by atoms with Crippen molar-refractivity contribution in [2.45, 2.75) is 0 Å². The van der Waals surface area contributed by atoms with Crippen molar-refractivity contribution in [3.63, 3.8) is 0 Å². The van der Waals surface area contributed by atoms with Crippen molar-refractivity contribution in [3.8, 4) is 28.7 Å². The smallest absolute Gasteiger partial charge is 0.255 e. The number of amides is 2. The maximum absolute atomic E-state index is 12.7. The zero-order valence-corrected chi connectivity index (χ0v) is 20.7. The molecular weight excluding hydrogens is 464 g/mol. The molecule has 2 N–H and O–H groups in total. The van der Waals surface area contributed by atoms with Crippen LogP contribution in [0.1, 0.15) is 15.9 Å². The highest BCUT2D eigenvalue weighted by Crippen LogP contribution is 2.39. The first-order chi connectivity index (χ1) is 17.4. The van der Waals surface area contributed by atoms with E-state index >= 15 is 0 Å². The van der Waals surface area contributed by atoms with Crippen LogP contribution in [0.15, 0.2) is 60.7 Å². The summed E-state index contributed by atoms with van der Waals surface area (Å²) < 4.78 is 26.9. The van der Waals surface area contributed by atoms with Gasteiger partial charge in [-0.05, 0) is 35.9 Å². The summed E-state index contributed by atoms with van der Waals surface area (Å²) in [6, 6.07) is 15.4. The Kier molecular flexibility index (Phi) is 8.77. The average molecular weight is 493 g/mol. The first-order valence-electron chi connectivity index (χ1n) is 10.9. The number of hydrogen-bond donors (Lipinski definition) is 2. The third-order valence-electron chi connectivity index (χ3n) is 5.18. The number of nitrogens with one attached hydrogen (secondary N) is 2. The molecule has 0 heterocycles. The van der Waals surface area contributed by atoms with Gasteiger partial charge in [-0.25, -0.2) is 0 Å².